The van der Waals surface area contributed by atoms with Crippen molar-refractivity contribution in [3.8, 4) is 0 Å². The van der Waals surface area contributed by atoms with Gasteiger partial charge in [-0.2, -0.15) is 0 Å². The Bertz CT molecular complexity index is 500. The average molecular weight is 511 g/mol. The number of rotatable bonds is 26. The number of carbonyl (C=O) groups excluding carboxylic acids is 2. The molecule has 214 valence electrons. The summed E-state index contributed by atoms with van der Waals surface area (Å²) in [5.74, 6) is 1.39. The van der Waals surface area contributed by atoms with E-state index >= 15 is 0 Å². The van der Waals surface area contributed by atoms with Crippen LogP contribution in [0.1, 0.15) is 163 Å². The van der Waals surface area contributed by atoms with E-state index in [4.69, 9.17) is 9.47 Å². The molecule has 0 saturated carbocycles. The maximum absolute atomic E-state index is 12.0. The first-order valence-electron chi connectivity index (χ1n) is 15.6. The van der Waals surface area contributed by atoms with E-state index in [0.717, 1.165) is 51.4 Å². The summed E-state index contributed by atoms with van der Waals surface area (Å²) in [5, 5.41) is 0. The molecule has 1 unspecified atom stereocenters. The predicted molar refractivity (Wildman–Crippen MR) is 153 cm³/mol. The average Bonchev–Trinajstić information content (AvgIpc) is 2.83. The van der Waals surface area contributed by atoms with Crippen LogP contribution in [0.2, 0.25) is 0 Å². The van der Waals surface area contributed by atoms with Crippen LogP contribution in [0.4, 0.5) is 0 Å². The van der Waals surface area contributed by atoms with Crippen LogP contribution < -0.4 is 0 Å². The highest BCUT2D eigenvalue weighted by atomic mass is 16.5. The molecule has 0 N–H and O–H groups in total. The first-order valence-corrected chi connectivity index (χ1v) is 15.6. The standard InChI is InChI=1S/C32H62O4/c1-28(2)22-20-26-35-31(33)25-19-17-15-13-11-9-7-6-8-10-12-14-16-18-24-30(5)32(34)36-27-21-23-29(3)4/h28-30H,6-27H2,1-5H3. The Morgan fingerprint density at radius 1 is 0.472 bits per heavy atom. The molecule has 0 heterocycles. The number of ether oxygens (including phenoxy) is 2. The van der Waals surface area contributed by atoms with Crippen LogP contribution in [0.25, 0.3) is 0 Å². The van der Waals surface area contributed by atoms with Crippen molar-refractivity contribution < 1.29 is 19.1 Å². The van der Waals surface area contributed by atoms with Crippen LogP contribution in [0, 0.1) is 17.8 Å². The molecule has 1 atom stereocenters. The van der Waals surface area contributed by atoms with Gasteiger partial charge < -0.3 is 9.47 Å². The SMILES string of the molecule is CC(C)CCCOC(=O)CCCCCCCCCCCCCCCCC(C)C(=O)OCCCC(C)C. The third kappa shape index (κ3) is 26.0. The smallest absolute Gasteiger partial charge is 0.308 e. The summed E-state index contributed by atoms with van der Waals surface area (Å²) in [7, 11) is 0. The Balaban J connectivity index is 3.29. The van der Waals surface area contributed by atoms with Crippen LogP contribution in [0.3, 0.4) is 0 Å². The van der Waals surface area contributed by atoms with Crippen molar-refractivity contribution in [1.29, 1.82) is 0 Å². The summed E-state index contributed by atoms with van der Waals surface area (Å²) in [4.78, 5) is 23.7. The zero-order chi connectivity index (χ0) is 26.9. The van der Waals surface area contributed by atoms with E-state index in [-0.39, 0.29) is 17.9 Å². The minimum atomic E-state index is -0.0130. The summed E-state index contributed by atoms with van der Waals surface area (Å²) in [5.41, 5.74) is 0. The first-order chi connectivity index (χ1) is 17.3. The molecular weight excluding hydrogens is 448 g/mol. The lowest BCUT2D eigenvalue weighted by Crippen LogP contribution is -2.15. The molecular formula is C32H62O4. The first kappa shape index (κ1) is 34.9. The fraction of sp³-hybridized carbons (Fsp3) is 0.938. The fourth-order valence-corrected chi connectivity index (χ4v) is 4.52. The number of unbranched alkanes of at least 4 members (excludes halogenated alkanes) is 13. The van der Waals surface area contributed by atoms with E-state index in [1.54, 1.807) is 0 Å². The molecule has 0 rings (SSSR count). The van der Waals surface area contributed by atoms with E-state index in [9.17, 15) is 9.59 Å². The third-order valence-electron chi connectivity index (χ3n) is 7.03. The molecule has 4 heteroatoms. The van der Waals surface area contributed by atoms with Crippen LogP contribution >= 0.6 is 0 Å². The lowest BCUT2D eigenvalue weighted by Gasteiger charge is -2.12. The molecule has 0 bridgehead atoms. The molecule has 0 aromatic heterocycles. The highest BCUT2D eigenvalue weighted by molar-refractivity contribution is 5.71. The maximum Gasteiger partial charge on any atom is 0.308 e. The normalized spacial score (nSPS) is 12.3. The Morgan fingerprint density at radius 2 is 0.861 bits per heavy atom. The quantitative estimate of drug-likeness (QED) is 0.0858. The van der Waals surface area contributed by atoms with Crippen molar-refractivity contribution in [3.63, 3.8) is 0 Å². The van der Waals surface area contributed by atoms with Crippen molar-refractivity contribution in [2.75, 3.05) is 13.2 Å². The van der Waals surface area contributed by atoms with Crippen molar-refractivity contribution >= 4 is 11.9 Å². The van der Waals surface area contributed by atoms with Crippen LogP contribution in [0.15, 0.2) is 0 Å². The lowest BCUT2D eigenvalue weighted by atomic mass is 10.0. The van der Waals surface area contributed by atoms with E-state index in [0.29, 0.717) is 31.5 Å². The van der Waals surface area contributed by atoms with Gasteiger partial charge in [-0.25, -0.2) is 0 Å². The molecule has 0 spiro atoms. The maximum atomic E-state index is 12.0. The van der Waals surface area contributed by atoms with Crippen LogP contribution in [-0.4, -0.2) is 25.2 Å². The predicted octanol–water partition coefficient (Wildman–Crippen LogP) is 9.82. The number of hydrogen-bond acceptors (Lipinski definition) is 4. The van der Waals surface area contributed by atoms with Gasteiger partial charge in [-0.3, -0.25) is 9.59 Å². The largest absolute Gasteiger partial charge is 0.466 e. The van der Waals surface area contributed by atoms with E-state index in [1.165, 1.54) is 70.6 Å². The van der Waals surface area contributed by atoms with Gasteiger partial charge in [0.25, 0.3) is 0 Å². The Labute approximate surface area is 225 Å². The summed E-state index contributed by atoms with van der Waals surface area (Å²) in [6, 6.07) is 0. The van der Waals surface area contributed by atoms with Gasteiger partial charge in [0.2, 0.25) is 0 Å². The monoisotopic (exact) mass is 510 g/mol. The fourth-order valence-electron chi connectivity index (χ4n) is 4.52. The molecule has 0 amide bonds. The highest BCUT2D eigenvalue weighted by Crippen LogP contribution is 2.16. The van der Waals surface area contributed by atoms with Crippen LogP contribution in [0.5, 0.6) is 0 Å². The summed E-state index contributed by atoms with van der Waals surface area (Å²) >= 11 is 0. The minimum absolute atomic E-state index is 0.00800. The number of carbonyl (C=O) groups is 2. The summed E-state index contributed by atoms with van der Waals surface area (Å²) in [6.07, 6.45) is 23.6. The van der Waals surface area contributed by atoms with Gasteiger partial charge in [0.05, 0.1) is 19.1 Å². The molecule has 0 aliphatic rings. The lowest BCUT2D eigenvalue weighted by molar-refractivity contribution is -0.148. The second-order valence-electron chi connectivity index (χ2n) is 11.8. The van der Waals surface area contributed by atoms with Crippen molar-refractivity contribution in [3.05, 3.63) is 0 Å². The molecule has 0 aliphatic carbocycles. The summed E-state index contributed by atoms with van der Waals surface area (Å²) in [6.45, 7) is 12.0. The molecule has 0 radical (unpaired) electrons. The van der Waals surface area contributed by atoms with E-state index < -0.39 is 0 Å². The molecule has 36 heavy (non-hydrogen) atoms. The van der Waals surface area contributed by atoms with Gasteiger partial charge in [0.15, 0.2) is 0 Å². The molecule has 0 aliphatic heterocycles. The third-order valence-corrected chi connectivity index (χ3v) is 7.03. The molecule has 4 nitrogen and oxygen atoms in total. The molecule has 0 aromatic rings. The Morgan fingerprint density at radius 3 is 1.31 bits per heavy atom. The van der Waals surface area contributed by atoms with E-state index in [1.807, 2.05) is 6.92 Å². The van der Waals surface area contributed by atoms with Gasteiger partial charge in [0, 0.05) is 6.42 Å². The van der Waals surface area contributed by atoms with Crippen molar-refractivity contribution in [2.45, 2.75) is 163 Å². The van der Waals surface area contributed by atoms with Gasteiger partial charge >= 0.3 is 11.9 Å². The van der Waals surface area contributed by atoms with E-state index in [2.05, 4.69) is 27.7 Å². The molecule has 0 aromatic carbocycles. The molecule has 0 fully saturated rings. The summed E-state index contributed by atoms with van der Waals surface area (Å²) < 4.78 is 10.7. The highest BCUT2D eigenvalue weighted by Gasteiger charge is 2.13. The Hall–Kier alpha value is -1.06. The second kappa shape index (κ2) is 25.6. The zero-order valence-electron chi connectivity index (χ0n) is 24.9. The van der Waals surface area contributed by atoms with Gasteiger partial charge in [0.1, 0.15) is 0 Å². The number of esters is 2. The Kier molecular flexibility index (Phi) is 24.8. The zero-order valence-corrected chi connectivity index (χ0v) is 24.9. The van der Waals surface area contributed by atoms with Gasteiger partial charge in [-0.1, -0.05) is 118 Å². The van der Waals surface area contributed by atoms with Crippen molar-refractivity contribution in [1.82, 2.24) is 0 Å². The molecule has 0 saturated heterocycles. The number of hydrogen-bond donors (Lipinski definition) is 0. The van der Waals surface area contributed by atoms with Gasteiger partial charge in [-0.15, -0.1) is 0 Å². The van der Waals surface area contributed by atoms with Crippen molar-refractivity contribution in [2.24, 2.45) is 17.8 Å². The topological polar surface area (TPSA) is 52.6 Å². The second-order valence-corrected chi connectivity index (χ2v) is 11.8. The minimum Gasteiger partial charge on any atom is -0.466 e. The van der Waals surface area contributed by atoms with Crippen LogP contribution in [-0.2, 0) is 19.1 Å². The van der Waals surface area contributed by atoms with Gasteiger partial charge in [-0.05, 0) is 50.4 Å².